The van der Waals surface area contributed by atoms with Gasteiger partial charge < -0.3 is 15.2 Å². The summed E-state index contributed by atoms with van der Waals surface area (Å²) in [4.78, 5) is 27.1. The third-order valence-corrected chi connectivity index (χ3v) is 3.19. The highest BCUT2D eigenvalue weighted by Gasteiger charge is 2.22. The van der Waals surface area contributed by atoms with Crippen LogP contribution in [0.1, 0.15) is 37.6 Å². The number of hydrogen-bond donors (Lipinski definition) is 2. The number of aliphatic carboxylic acids is 1. The number of nitrogens with one attached hydrogen (secondary N) is 1. The van der Waals surface area contributed by atoms with E-state index in [-0.39, 0.29) is 18.6 Å². The molecule has 0 aliphatic heterocycles. The van der Waals surface area contributed by atoms with Crippen molar-refractivity contribution in [1.29, 1.82) is 0 Å². The Kier molecular flexibility index (Phi) is 6.29. The molecule has 0 aliphatic rings. The number of pyridine rings is 1. The number of carbonyl (C=O) groups excluding carboxylic acids is 1. The van der Waals surface area contributed by atoms with Crippen molar-refractivity contribution in [2.24, 2.45) is 0 Å². The predicted octanol–water partition coefficient (Wildman–Crippen LogP) is 2.23. The average Bonchev–Trinajstić information content (AvgIpc) is 2.36. The highest BCUT2D eigenvalue weighted by molar-refractivity contribution is 9.10. The highest BCUT2D eigenvalue weighted by Crippen LogP contribution is 2.14. The van der Waals surface area contributed by atoms with Gasteiger partial charge in [0.25, 0.3) is 5.91 Å². The van der Waals surface area contributed by atoms with E-state index < -0.39 is 17.9 Å². The van der Waals surface area contributed by atoms with Crippen LogP contribution in [0.15, 0.2) is 22.9 Å². The molecular weight excluding hydrogens is 340 g/mol. The lowest BCUT2D eigenvalue weighted by atomic mass is 10.1. The van der Waals surface area contributed by atoms with Gasteiger partial charge in [0, 0.05) is 29.9 Å². The second kappa shape index (κ2) is 7.51. The van der Waals surface area contributed by atoms with Gasteiger partial charge in [0.2, 0.25) is 0 Å². The number of carboxylic acids is 1. The molecule has 1 atom stereocenters. The fourth-order valence-electron chi connectivity index (χ4n) is 1.54. The summed E-state index contributed by atoms with van der Waals surface area (Å²) >= 11 is 3.21. The Morgan fingerprint density at radius 3 is 2.67 bits per heavy atom. The molecule has 6 nitrogen and oxygen atoms in total. The lowest BCUT2D eigenvalue weighted by Gasteiger charge is -2.21. The van der Waals surface area contributed by atoms with E-state index in [2.05, 4.69) is 26.2 Å². The number of ether oxygens (including phenoxy) is 1. The quantitative estimate of drug-likeness (QED) is 0.813. The first-order valence-electron chi connectivity index (χ1n) is 6.48. The zero-order valence-corrected chi connectivity index (χ0v) is 13.8. The van der Waals surface area contributed by atoms with Crippen molar-refractivity contribution in [3.05, 3.63) is 28.5 Å². The Labute approximate surface area is 132 Å². The summed E-state index contributed by atoms with van der Waals surface area (Å²) in [6.07, 6.45) is 3.15. The van der Waals surface area contributed by atoms with Crippen LogP contribution in [-0.4, -0.2) is 40.2 Å². The average molecular weight is 359 g/mol. The van der Waals surface area contributed by atoms with E-state index in [1.54, 1.807) is 0 Å². The van der Waals surface area contributed by atoms with Crippen molar-refractivity contribution in [3.8, 4) is 0 Å². The van der Waals surface area contributed by atoms with Gasteiger partial charge in [-0.05, 0) is 42.8 Å². The fraction of sp³-hybridized carbons (Fsp3) is 0.500. The van der Waals surface area contributed by atoms with Gasteiger partial charge in [-0.1, -0.05) is 0 Å². The molecule has 7 heteroatoms. The first-order valence-corrected chi connectivity index (χ1v) is 7.27. The van der Waals surface area contributed by atoms with Gasteiger partial charge in [-0.15, -0.1) is 0 Å². The van der Waals surface area contributed by atoms with Crippen LogP contribution in [0.5, 0.6) is 0 Å². The number of amides is 1. The van der Waals surface area contributed by atoms with Gasteiger partial charge in [-0.25, -0.2) is 4.79 Å². The van der Waals surface area contributed by atoms with Crippen LogP contribution in [0.25, 0.3) is 0 Å². The maximum absolute atomic E-state index is 12.1. The van der Waals surface area contributed by atoms with E-state index in [1.807, 2.05) is 20.8 Å². The first-order chi connectivity index (χ1) is 9.70. The van der Waals surface area contributed by atoms with Crippen LogP contribution in [0, 0.1) is 0 Å². The van der Waals surface area contributed by atoms with Crippen LogP contribution in [0.3, 0.4) is 0 Å². The number of carboxylic acid groups (broad SMARTS) is 1. The third kappa shape index (κ3) is 6.22. The number of halogens is 1. The van der Waals surface area contributed by atoms with E-state index in [1.165, 1.54) is 18.5 Å². The monoisotopic (exact) mass is 358 g/mol. The highest BCUT2D eigenvalue weighted by atomic mass is 79.9. The fourth-order valence-corrected chi connectivity index (χ4v) is 1.97. The molecule has 1 unspecified atom stereocenters. The summed E-state index contributed by atoms with van der Waals surface area (Å²) in [6.45, 7) is 5.90. The van der Waals surface area contributed by atoms with E-state index in [0.717, 1.165) is 0 Å². The molecule has 21 heavy (non-hydrogen) atoms. The molecule has 0 saturated heterocycles. The van der Waals surface area contributed by atoms with E-state index in [0.29, 0.717) is 10.0 Å². The molecular formula is C14H19BrN2O4. The lowest BCUT2D eigenvalue weighted by molar-refractivity contribution is -0.140. The Morgan fingerprint density at radius 2 is 2.14 bits per heavy atom. The summed E-state index contributed by atoms with van der Waals surface area (Å²) in [6, 6.07) is 0.518. The van der Waals surface area contributed by atoms with Crippen LogP contribution < -0.4 is 5.32 Å². The second-order valence-corrected chi connectivity index (χ2v) is 6.32. The Morgan fingerprint density at radius 1 is 1.48 bits per heavy atom. The van der Waals surface area contributed by atoms with Crippen molar-refractivity contribution >= 4 is 27.8 Å². The molecule has 1 heterocycles. The van der Waals surface area contributed by atoms with E-state index >= 15 is 0 Å². The minimum absolute atomic E-state index is 0.195. The van der Waals surface area contributed by atoms with Crippen LogP contribution in [0.2, 0.25) is 0 Å². The maximum atomic E-state index is 12.1. The molecule has 0 aromatic carbocycles. The van der Waals surface area contributed by atoms with E-state index in [4.69, 9.17) is 4.74 Å². The number of aromatic nitrogens is 1. The summed E-state index contributed by atoms with van der Waals surface area (Å²) in [5.41, 5.74) is -0.00531. The molecule has 1 aromatic rings. The minimum atomic E-state index is -1.09. The normalized spacial score (nSPS) is 12.8. The van der Waals surface area contributed by atoms with Crippen LogP contribution in [-0.2, 0) is 9.53 Å². The van der Waals surface area contributed by atoms with Gasteiger partial charge in [0.15, 0.2) is 0 Å². The summed E-state index contributed by atoms with van der Waals surface area (Å²) in [5, 5.41) is 11.7. The molecule has 0 saturated carbocycles. The molecule has 1 aromatic heterocycles. The first kappa shape index (κ1) is 17.6. The zero-order valence-electron chi connectivity index (χ0n) is 12.2. The Bertz CT molecular complexity index is 514. The molecule has 2 N–H and O–H groups in total. The molecule has 1 rings (SSSR count). The Hall–Kier alpha value is -1.47. The van der Waals surface area contributed by atoms with Gasteiger partial charge in [-0.2, -0.15) is 0 Å². The standard InChI is InChI=1S/C14H19BrN2O4/c1-14(2,3)21-7-5-11(13(19)20)17-12(18)9-4-6-16-8-10(9)15/h4,6,8,11H,5,7H2,1-3H3,(H,17,18)(H,19,20). The van der Waals surface area contributed by atoms with Crippen LogP contribution in [0.4, 0.5) is 0 Å². The summed E-state index contributed by atoms with van der Waals surface area (Å²) < 4.78 is 6.00. The number of nitrogens with zero attached hydrogens (tertiary/aromatic N) is 1. The zero-order chi connectivity index (χ0) is 16.0. The third-order valence-electron chi connectivity index (χ3n) is 2.56. The van der Waals surface area contributed by atoms with Crippen molar-refractivity contribution in [3.63, 3.8) is 0 Å². The maximum Gasteiger partial charge on any atom is 0.326 e. The largest absolute Gasteiger partial charge is 0.480 e. The Balaban J connectivity index is 2.65. The van der Waals surface area contributed by atoms with Crippen molar-refractivity contribution in [2.45, 2.75) is 38.8 Å². The number of hydrogen-bond acceptors (Lipinski definition) is 4. The van der Waals surface area contributed by atoms with E-state index in [9.17, 15) is 14.7 Å². The predicted molar refractivity (Wildman–Crippen MR) is 81.1 cm³/mol. The topological polar surface area (TPSA) is 88.5 Å². The molecule has 0 bridgehead atoms. The van der Waals surface area contributed by atoms with Crippen molar-refractivity contribution in [2.75, 3.05) is 6.61 Å². The SMILES string of the molecule is CC(C)(C)OCCC(NC(=O)c1ccncc1Br)C(=O)O. The molecule has 0 radical (unpaired) electrons. The lowest BCUT2D eigenvalue weighted by Crippen LogP contribution is -2.42. The van der Waals surface area contributed by atoms with Crippen molar-refractivity contribution < 1.29 is 19.4 Å². The molecule has 0 spiro atoms. The molecule has 0 aliphatic carbocycles. The van der Waals surface area contributed by atoms with Gasteiger partial charge in [-0.3, -0.25) is 9.78 Å². The number of rotatable bonds is 6. The van der Waals surface area contributed by atoms with Gasteiger partial charge in [0.1, 0.15) is 6.04 Å². The summed E-state index contributed by atoms with van der Waals surface area (Å²) in [7, 11) is 0. The summed E-state index contributed by atoms with van der Waals surface area (Å²) in [5.74, 6) is -1.56. The van der Waals surface area contributed by atoms with Gasteiger partial charge in [0.05, 0.1) is 11.2 Å². The number of carbonyl (C=O) groups is 2. The second-order valence-electron chi connectivity index (χ2n) is 5.47. The molecule has 0 fully saturated rings. The molecule has 1 amide bonds. The smallest absolute Gasteiger partial charge is 0.326 e. The molecule has 116 valence electrons. The van der Waals surface area contributed by atoms with Crippen LogP contribution >= 0.6 is 15.9 Å². The van der Waals surface area contributed by atoms with Crippen molar-refractivity contribution in [1.82, 2.24) is 10.3 Å². The van der Waals surface area contributed by atoms with Gasteiger partial charge >= 0.3 is 5.97 Å². The minimum Gasteiger partial charge on any atom is -0.480 e.